The smallest absolute Gasteiger partial charge is 0.332 e. The minimum Gasteiger partial charge on any atom is -0.423 e. The number of aromatic nitrogens is 2. The van der Waals surface area contributed by atoms with Gasteiger partial charge >= 0.3 is 12.0 Å². The molecule has 1 aromatic carbocycles. The molecular formula is C17H14ClFN4O3. The number of anilines is 1. The van der Waals surface area contributed by atoms with Crippen molar-refractivity contribution in [2.24, 2.45) is 0 Å². The molecule has 2 aliphatic rings. The van der Waals surface area contributed by atoms with E-state index in [4.69, 9.17) is 16.3 Å². The zero-order chi connectivity index (χ0) is 18.3. The van der Waals surface area contributed by atoms with Crippen LogP contribution in [0.25, 0.3) is 0 Å². The van der Waals surface area contributed by atoms with Gasteiger partial charge in [0.25, 0.3) is 5.91 Å². The summed E-state index contributed by atoms with van der Waals surface area (Å²) in [6, 6.07) is 2.80. The van der Waals surface area contributed by atoms with Crippen LogP contribution in [0.5, 0.6) is 11.8 Å². The Kier molecular flexibility index (Phi) is 4.20. The summed E-state index contributed by atoms with van der Waals surface area (Å²) in [6.07, 6.45) is 5.22. The van der Waals surface area contributed by atoms with E-state index in [1.54, 1.807) is 6.07 Å². The molecule has 0 saturated carbocycles. The lowest BCUT2D eigenvalue weighted by molar-refractivity contribution is -0.120. The highest BCUT2D eigenvalue weighted by molar-refractivity contribution is 6.32. The van der Waals surface area contributed by atoms with Gasteiger partial charge < -0.3 is 9.64 Å². The standard InChI is InChI=1S/C17H14ClFN4O3/c18-10-8-11(19)13(9-14(10)26-16-20-5-3-6-21-16)23-15(24)12-4-1-2-7-22(12)17(23)25/h3,5-6,8-9,12H,1-2,4,7H2/t12-/m1/s1. The van der Waals surface area contributed by atoms with Gasteiger partial charge in [0, 0.05) is 25.0 Å². The van der Waals surface area contributed by atoms with Gasteiger partial charge in [-0.1, -0.05) is 11.6 Å². The Morgan fingerprint density at radius 3 is 2.69 bits per heavy atom. The lowest BCUT2D eigenvalue weighted by Crippen LogP contribution is -2.39. The van der Waals surface area contributed by atoms with Crippen LogP contribution in [0.2, 0.25) is 5.02 Å². The highest BCUT2D eigenvalue weighted by atomic mass is 35.5. The molecule has 0 radical (unpaired) electrons. The number of nitrogens with zero attached hydrogens (tertiary/aromatic N) is 4. The Morgan fingerprint density at radius 1 is 1.19 bits per heavy atom. The maximum Gasteiger partial charge on any atom is 0.332 e. The van der Waals surface area contributed by atoms with Crippen LogP contribution in [0.1, 0.15) is 19.3 Å². The number of urea groups is 1. The molecule has 9 heteroatoms. The van der Waals surface area contributed by atoms with Gasteiger partial charge in [-0.3, -0.25) is 4.79 Å². The number of carbonyl (C=O) groups excluding carboxylic acids is 2. The molecule has 3 heterocycles. The van der Waals surface area contributed by atoms with Crippen LogP contribution in [-0.2, 0) is 4.79 Å². The predicted molar refractivity (Wildman–Crippen MR) is 90.7 cm³/mol. The summed E-state index contributed by atoms with van der Waals surface area (Å²) in [7, 11) is 0. The van der Waals surface area contributed by atoms with Crippen molar-refractivity contribution in [1.29, 1.82) is 0 Å². The largest absolute Gasteiger partial charge is 0.423 e. The van der Waals surface area contributed by atoms with E-state index in [0.717, 1.165) is 23.8 Å². The quantitative estimate of drug-likeness (QED) is 0.767. The third kappa shape index (κ3) is 2.76. The second-order valence-electron chi connectivity index (χ2n) is 6.03. The first-order valence-electron chi connectivity index (χ1n) is 8.15. The first-order valence-corrected chi connectivity index (χ1v) is 8.52. The van der Waals surface area contributed by atoms with Gasteiger partial charge in [-0.2, -0.15) is 0 Å². The van der Waals surface area contributed by atoms with Gasteiger partial charge in [0.2, 0.25) is 0 Å². The van der Waals surface area contributed by atoms with E-state index < -0.39 is 23.8 Å². The SMILES string of the molecule is O=C1[C@H]2CCCCN2C(=O)N1c1cc(Oc2ncccn2)c(Cl)cc1F. The molecule has 0 bridgehead atoms. The van der Waals surface area contributed by atoms with Gasteiger partial charge in [-0.25, -0.2) is 24.1 Å². The molecule has 7 nitrogen and oxygen atoms in total. The number of imide groups is 1. The molecular weight excluding hydrogens is 363 g/mol. The summed E-state index contributed by atoms with van der Waals surface area (Å²) in [5, 5.41) is -0.0180. The minimum atomic E-state index is -0.780. The van der Waals surface area contributed by atoms with Crippen LogP contribution < -0.4 is 9.64 Å². The average molecular weight is 377 g/mol. The van der Waals surface area contributed by atoms with Crippen molar-refractivity contribution in [3.63, 3.8) is 0 Å². The number of hydrogen-bond acceptors (Lipinski definition) is 5. The molecule has 26 heavy (non-hydrogen) atoms. The molecule has 2 aliphatic heterocycles. The van der Waals surface area contributed by atoms with Crippen molar-refractivity contribution in [1.82, 2.24) is 14.9 Å². The fraction of sp³-hybridized carbons (Fsp3) is 0.294. The molecule has 134 valence electrons. The Balaban J connectivity index is 1.71. The van der Waals surface area contributed by atoms with Gasteiger partial charge in [-0.05, 0) is 31.4 Å². The molecule has 0 aliphatic carbocycles. The van der Waals surface area contributed by atoms with Gasteiger partial charge in [0.1, 0.15) is 11.9 Å². The second kappa shape index (κ2) is 6.53. The maximum absolute atomic E-state index is 14.5. The monoisotopic (exact) mass is 376 g/mol. The van der Waals surface area contributed by atoms with Crippen LogP contribution in [0.3, 0.4) is 0 Å². The van der Waals surface area contributed by atoms with E-state index in [2.05, 4.69) is 9.97 Å². The second-order valence-corrected chi connectivity index (χ2v) is 6.44. The molecule has 1 atom stereocenters. The summed E-state index contributed by atoms with van der Waals surface area (Å²) < 4.78 is 20.0. The summed E-state index contributed by atoms with van der Waals surface area (Å²) in [5.41, 5.74) is -0.190. The van der Waals surface area contributed by atoms with Crippen LogP contribution in [0.4, 0.5) is 14.9 Å². The van der Waals surface area contributed by atoms with Crippen molar-refractivity contribution >= 4 is 29.2 Å². The number of fused-ring (bicyclic) bond motifs is 1. The number of amides is 3. The van der Waals surface area contributed by atoms with Crippen molar-refractivity contribution < 1.29 is 18.7 Å². The topological polar surface area (TPSA) is 75.6 Å². The first-order chi connectivity index (χ1) is 12.6. The zero-order valence-corrected chi connectivity index (χ0v) is 14.3. The normalized spacial score (nSPS) is 19.7. The number of piperidine rings is 1. The van der Waals surface area contributed by atoms with Crippen LogP contribution >= 0.6 is 11.6 Å². The minimum absolute atomic E-state index is 0.0171. The van der Waals surface area contributed by atoms with E-state index in [-0.39, 0.29) is 22.5 Å². The molecule has 1 aromatic heterocycles. The lowest BCUT2D eigenvalue weighted by Gasteiger charge is -2.25. The molecule has 4 rings (SSSR count). The van der Waals surface area contributed by atoms with E-state index in [0.29, 0.717) is 13.0 Å². The Morgan fingerprint density at radius 2 is 1.96 bits per heavy atom. The third-order valence-corrected chi connectivity index (χ3v) is 4.73. The van der Waals surface area contributed by atoms with Crippen molar-refractivity contribution in [3.8, 4) is 11.8 Å². The number of halogens is 2. The van der Waals surface area contributed by atoms with Crippen LogP contribution in [0.15, 0.2) is 30.6 Å². The Hall–Kier alpha value is -2.74. The molecule has 3 amide bonds. The van der Waals surface area contributed by atoms with E-state index >= 15 is 0 Å². The number of hydrogen-bond donors (Lipinski definition) is 0. The van der Waals surface area contributed by atoms with Crippen LogP contribution in [-0.4, -0.2) is 39.4 Å². The Labute approximate surface area is 153 Å². The van der Waals surface area contributed by atoms with E-state index in [1.807, 2.05) is 0 Å². The van der Waals surface area contributed by atoms with Crippen molar-refractivity contribution in [2.45, 2.75) is 25.3 Å². The van der Waals surface area contributed by atoms with E-state index in [9.17, 15) is 14.0 Å². The molecule has 0 N–H and O–H groups in total. The first kappa shape index (κ1) is 16.7. The lowest BCUT2D eigenvalue weighted by atomic mass is 10.0. The third-order valence-electron chi connectivity index (χ3n) is 4.43. The molecule has 2 saturated heterocycles. The summed E-state index contributed by atoms with van der Waals surface area (Å²) >= 11 is 6.03. The van der Waals surface area contributed by atoms with Crippen molar-refractivity contribution in [2.75, 3.05) is 11.4 Å². The molecule has 0 unspecified atom stereocenters. The number of rotatable bonds is 3. The van der Waals surface area contributed by atoms with Gasteiger partial charge in [0.15, 0.2) is 5.75 Å². The molecule has 2 fully saturated rings. The van der Waals surface area contributed by atoms with Gasteiger partial charge in [0.05, 0.1) is 10.7 Å². The average Bonchev–Trinajstić information content (AvgIpc) is 2.90. The number of carbonyl (C=O) groups is 2. The highest BCUT2D eigenvalue weighted by Crippen LogP contribution is 2.38. The van der Waals surface area contributed by atoms with Crippen LogP contribution in [0, 0.1) is 5.82 Å². The molecule has 2 aromatic rings. The van der Waals surface area contributed by atoms with Crippen molar-refractivity contribution in [3.05, 3.63) is 41.4 Å². The zero-order valence-electron chi connectivity index (χ0n) is 13.6. The number of benzene rings is 1. The van der Waals surface area contributed by atoms with E-state index in [1.165, 1.54) is 23.4 Å². The summed E-state index contributed by atoms with van der Waals surface area (Å²) in [4.78, 5) is 35.5. The molecule has 0 spiro atoms. The predicted octanol–water partition coefficient (Wildman–Crippen LogP) is 3.38. The Bertz CT molecular complexity index is 856. The number of ether oxygens (including phenoxy) is 1. The fourth-order valence-electron chi connectivity index (χ4n) is 3.22. The maximum atomic E-state index is 14.5. The van der Waals surface area contributed by atoms with Gasteiger partial charge in [-0.15, -0.1) is 0 Å². The summed E-state index contributed by atoms with van der Waals surface area (Å²) in [6.45, 7) is 0.488. The highest BCUT2D eigenvalue weighted by Gasteiger charge is 2.47. The summed E-state index contributed by atoms with van der Waals surface area (Å²) in [5.74, 6) is -1.16. The fourth-order valence-corrected chi connectivity index (χ4v) is 3.40.